The number of aromatic amines is 1. The molecule has 2 rings (SSSR count). The second-order valence-electron chi connectivity index (χ2n) is 4.44. The van der Waals surface area contributed by atoms with Crippen molar-refractivity contribution in [1.29, 1.82) is 0 Å². The fourth-order valence-electron chi connectivity index (χ4n) is 1.57. The first-order valence-electron chi connectivity index (χ1n) is 5.79. The molecule has 96 valence electrons. The molecule has 18 heavy (non-hydrogen) atoms. The number of halogens is 2. The van der Waals surface area contributed by atoms with Crippen molar-refractivity contribution in [3.05, 3.63) is 40.0 Å². The van der Waals surface area contributed by atoms with Crippen molar-refractivity contribution in [1.82, 2.24) is 15.5 Å². The Kier molecular flexibility index (Phi) is 4.27. The molecule has 0 aliphatic rings. The van der Waals surface area contributed by atoms with E-state index in [2.05, 4.69) is 29.4 Å². The van der Waals surface area contributed by atoms with Crippen molar-refractivity contribution in [3.63, 3.8) is 0 Å². The molecular weight excluding hydrogens is 269 g/mol. The van der Waals surface area contributed by atoms with E-state index < -0.39 is 0 Å². The Morgan fingerprint density at radius 2 is 2.00 bits per heavy atom. The van der Waals surface area contributed by atoms with Crippen LogP contribution in [0.15, 0.2) is 24.3 Å². The van der Waals surface area contributed by atoms with Crippen molar-refractivity contribution >= 4 is 23.2 Å². The lowest BCUT2D eigenvalue weighted by molar-refractivity contribution is 0.580. The minimum Gasteiger partial charge on any atom is -0.309 e. The summed E-state index contributed by atoms with van der Waals surface area (Å²) < 4.78 is 0. The summed E-state index contributed by atoms with van der Waals surface area (Å²) in [6, 6.07) is 7.96. The minimum atomic E-state index is 0.446. The van der Waals surface area contributed by atoms with Gasteiger partial charge >= 0.3 is 0 Å². The van der Waals surface area contributed by atoms with Crippen LogP contribution in [0.1, 0.15) is 19.5 Å². The van der Waals surface area contributed by atoms with Crippen molar-refractivity contribution in [2.24, 2.45) is 0 Å². The average Bonchev–Trinajstić information content (AvgIpc) is 2.79. The second kappa shape index (κ2) is 5.74. The number of nitrogens with one attached hydrogen (secondary N) is 2. The molecule has 1 aromatic heterocycles. The van der Waals surface area contributed by atoms with Gasteiger partial charge in [-0.1, -0.05) is 43.1 Å². The van der Waals surface area contributed by atoms with Gasteiger partial charge in [0.15, 0.2) is 0 Å². The topological polar surface area (TPSA) is 40.7 Å². The van der Waals surface area contributed by atoms with Crippen molar-refractivity contribution in [2.75, 3.05) is 0 Å². The van der Waals surface area contributed by atoms with E-state index in [1.54, 1.807) is 6.07 Å². The van der Waals surface area contributed by atoms with E-state index in [1.807, 2.05) is 18.2 Å². The number of benzene rings is 1. The van der Waals surface area contributed by atoms with Crippen LogP contribution >= 0.6 is 23.2 Å². The van der Waals surface area contributed by atoms with E-state index in [4.69, 9.17) is 23.2 Å². The summed E-state index contributed by atoms with van der Waals surface area (Å²) >= 11 is 11.9. The van der Waals surface area contributed by atoms with Gasteiger partial charge in [-0.3, -0.25) is 5.10 Å². The van der Waals surface area contributed by atoms with Crippen molar-refractivity contribution in [2.45, 2.75) is 26.4 Å². The quantitative estimate of drug-likeness (QED) is 0.894. The van der Waals surface area contributed by atoms with Gasteiger partial charge in [0.1, 0.15) is 0 Å². The smallest absolute Gasteiger partial charge is 0.0924 e. The van der Waals surface area contributed by atoms with Gasteiger partial charge < -0.3 is 5.32 Å². The number of nitrogens with zero attached hydrogens (tertiary/aromatic N) is 1. The minimum absolute atomic E-state index is 0.446. The Morgan fingerprint density at radius 1 is 1.22 bits per heavy atom. The Hall–Kier alpha value is -1.03. The highest BCUT2D eigenvalue weighted by atomic mass is 35.5. The number of hydrogen-bond acceptors (Lipinski definition) is 2. The van der Waals surface area contributed by atoms with Crippen LogP contribution < -0.4 is 5.32 Å². The standard InChI is InChI=1S/C13H15Cl2N3/c1-8(2)16-7-10-6-13(18-17-10)9-3-4-11(14)12(15)5-9/h3-6,8,16H,7H2,1-2H3,(H,17,18). The molecule has 0 aliphatic heterocycles. The van der Waals surface area contributed by atoms with Crippen LogP contribution in [-0.2, 0) is 6.54 Å². The number of rotatable bonds is 4. The van der Waals surface area contributed by atoms with E-state index in [-0.39, 0.29) is 0 Å². The lowest BCUT2D eigenvalue weighted by atomic mass is 10.1. The van der Waals surface area contributed by atoms with Crippen LogP contribution in [0.4, 0.5) is 0 Å². The van der Waals surface area contributed by atoms with Crippen LogP contribution in [-0.4, -0.2) is 16.2 Å². The monoisotopic (exact) mass is 283 g/mol. The summed E-state index contributed by atoms with van der Waals surface area (Å²) in [5, 5.41) is 11.7. The van der Waals surface area contributed by atoms with Gasteiger partial charge in [0.05, 0.1) is 15.7 Å². The molecule has 1 aromatic carbocycles. The van der Waals surface area contributed by atoms with Crippen LogP contribution in [0.3, 0.4) is 0 Å². The van der Waals surface area contributed by atoms with E-state index in [0.717, 1.165) is 23.5 Å². The van der Waals surface area contributed by atoms with Crippen LogP contribution in [0.25, 0.3) is 11.3 Å². The van der Waals surface area contributed by atoms with Gasteiger partial charge in [0, 0.05) is 23.8 Å². The Bertz CT molecular complexity index is 535. The summed E-state index contributed by atoms with van der Waals surface area (Å²) in [6.07, 6.45) is 0. The van der Waals surface area contributed by atoms with E-state index in [1.165, 1.54) is 0 Å². The molecule has 1 heterocycles. The molecule has 0 saturated carbocycles. The van der Waals surface area contributed by atoms with Crippen LogP contribution in [0.2, 0.25) is 10.0 Å². The molecule has 0 fully saturated rings. The normalized spacial score (nSPS) is 11.2. The zero-order valence-corrected chi connectivity index (χ0v) is 11.8. The Labute approximate surface area is 117 Å². The molecular formula is C13H15Cl2N3. The average molecular weight is 284 g/mol. The molecule has 0 amide bonds. The predicted molar refractivity (Wildman–Crippen MR) is 76.0 cm³/mol. The zero-order valence-electron chi connectivity index (χ0n) is 10.3. The summed E-state index contributed by atoms with van der Waals surface area (Å²) in [6.45, 7) is 4.98. The summed E-state index contributed by atoms with van der Waals surface area (Å²) in [7, 11) is 0. The van der Waals surface area contributed by atoms with Gasteiger partial charge in [-0.2, -0.15) is 5.10 Å². The fourth-order valence-corrected chi connectivity index (χ4v) is 1.87. The van der Waals surface area contributed by atoms with E-state index >= 15 is 0 Å². The van der Waals surface area contributed by atoms with Crippen LogP contribution in [0, 0.1) is 0 Å². The van der Waals surface area contributed by atoms with E-state index in [0.29, 0.717) is 16.1 Å². The van der Waals surface area contributed by atoms with Gasteiger partial charge in [-0.25, -0.2) is 0 Å². The van der Waals surface area contributed by atoms with Crippen molar-refractivity contribution in [3.8, 4) is 11.3 Å². The molecule has 0 atom stereocenters. The third-order valence-corrected chi connectivity index (χ3v) is 3.29. The third kappa shape index (κ3) is 3.25. The molecule has 0 aliphatic carbocycles. The Morgan fingerprint density at radius 3 is 2.67 bits per heavy atom. The zero-order chi connectivity index (χ0) is 13.1. The summed E-state index contributed by atoms with van der Waals surface area (Å²) in [5.41, 5.74) is 2.87. The number of H-pyrrole nitrogens is 1. The van der Waals surface area contributed by atoms with Gasteiger partial charge in [0.25, 0.3) is 0 Å². The molecule has 0 spiro atoms. The highest BCUT2D eigenvalue weighted by Gasteiger charge is 2.06. The highest BCUT2D eigenvalue weighted by Crippen LogP contribution is 2.27. The fraction of sp³-hybridized carbons (Fsp3) is 0.308. The first kappa shape index (κ1) is 13.4. The van der Waals surface area contributed by atoms with E-state index in [9.17, 15) is 0 Å². The molecule has 0 saturated heterocycles. The van der Waals surface area contributed by atoms with Gasteiger partial charge in [-0.15, -0.1) is 0 Å². The molecule has 2 N–H and O–H groups in total. The second-order valence-corrected chi connectivity index (χ2v) is 5.26. The third-order valence-electron chi connectivity index (χ3n) is 2.55. The molecule has 2 aromatic rings. The van der Waals surface area contributed by atoms with Crippen molar-refractivity contribution < 1.29 is 0 Å². The first-order valence-corrected chi connectivity index (χ1v) is 6.55. The van der Waals surface area contributed by atoms with Crippen LogP contribution in [0.5, 0.6) is 0 Å². The predicted octanol–water partition coefficient (Wildman–Crippen LogP) is 3.88. The molecule has 0 unspecified atom stereocenters. The largest absolute Gasteiger partial charge is 0.309 e. The molecule has 5 heteroatoms. The Balaban J connectivity index is 2.16. The highest BCUT2D eigenvalue weighted by molar-refractivity contribution is 6.42. The lowest BCUT2D eigenvalue weighted by Crippen LogP contribution is -2.21. The number of aromatic nitrogens is 2. The number of hydrogen-bond donors (Lipinski definition) is 2. The molecule has 0 radical (unpaired) electrons. The first-order chi connectivity index (χ1) is 8.56. The van der Waals surface area contributed by atoms with Gasteiger partial charge in [-0.05, 0) is 18.2 Å². The lowest BCUT2D eigenvalue weighted by Gasteiger charge is -2.04. The maximum Gasteiger partial charge on any atom is 0.0924 e. The maximum atomic E-state index is 5.99. The summed E-state index contributed by atoms with van der Waals surface area (Å²) in [4.78, 5) is 0. The molecule has 0 bridgehead atoms. The summed E-state index contributed by atoms with van der Waals surface area (Å²) in [5.74, 6) is 0. The molecule has 3 nitrogen and oxygen atoms in total. The van der Waals surface area contributed by atoms with Gasteiger partial charge in [0.2, 0.25) is 0 Å². The maximum absolute atomic E-state index is 5.99. The SMILES string of the molecule is CC(C)NCc1cc(-c2ccc(Cl)c(Cl)c2)n[nH]1.